The van der Waals surface area contributed by atoms with Gasteiger partial charge in [-0.15, -0.1) is 11.3 Å². The van der Waals surface area contributed by atoms with Gasteiger partial charge in [0, 0.05) is 17.1 Å². The van der Waals surface area contributed by atoms with Gasteiger partial charge < -0.3 is 10.4 Å². The van der Waals surface area contributed by atoms with Gasteiger partial charge in [-0.25, -0.2) is 0 Å². The van der Waals surface area contributed by atoms with Crippen LogP contribution in [0.4, 0.5) is 5.69 Å². The summed E-state index contributed by atoms with van der Waals surface area (Å²) in [6.07, 6.45) is 0.371. The van der Waals surface area contributed by atoms with E-state index in [0.717, 1.165) is 17.8 Å². The Labute approximate surface area is 112 Å². The summed E-state index contributed by atoms with van der Waals surface area (Å²) >= 11 is 1.61. The highest BCUT2D eigenvalue weighted by Crippen LogP contribution is 2.23. The zero-order valence-electron chi connectivity index (χ0n) is 10.8. The van der Waals surface area contributed by atoms with E-state index >= 15 is 0 Å². The fourth-order valence-corrected chi connectivity index (χ4v) is 2.80. The first kappa shape index (κ1) is 13.1. The van der Waals surface area contributed by atoms with Gasteiger partial charge in [-0.05, 0) is 42.8 Å². The summed E-state index contributed by atoms with van der Waals surface area (Å²) in [5.74, 6) is 0. The Balaban J connectivity index is 1.89. The van der Waals surface area contributed by atoms with Gasteiger partial charge in [0.1, 0.15) is 0 Å². The normalized spacial score (nSPS) is 12.4. The van der Waals surface area contributed by atoms with Crippen molar-refractivity contribution in [3.8, 4) is 0 Å². The molecule has 0 spiro atoms. The van der Waals surface area contributed by atoms with E-state index in [0.29, 0.717) is 0 Å². The molecule has 0 saturated heterocycles. The van der Waals surface area contributed by atoms with E-state index in [1.807, 2.05) is 17.5 Å². The second-order valence-electron chi connectivity index (χ2n) is 4.51. The van der Waals surface area contributed by atoms with Crippen molar-refractivity contribution in [3.05, 3.63) is 51.7 Å². The van der Waals surface area contributed by atoms with E-state index in [-0.39, 0.29) is 6.10 Å². The third kappa shape index (κ3) is 3.12. The predicted octanol–water partition coefficient (Wildman–Crippen LogP) is 3.90. The molecule has 0 aliphatic rings. The molecule has 0 fully saturated rings. The van der Waals surface area contributed by atoms with E-state index in [9.17, 15) is 5.11 Å². The van der Waals surface area contributed by atoms with Crippen LogP contribution in [-0.4, -0.2) is 11.7 Å². The molecular weight excluding hydrogens is 242 g/mol. The maximum atomic E-state index is 10.00. The number of aliphatic hydroxyl groups is 1. The van der Waals surface area contributed by atoms with Crippen LogP contribution in [-0.2, 0) is 0 Å². The standard InChI is InChI=1S/C15H19NOS/c1-11-5-3-6-12(2)15(11)16-9-8-13(17)14-7-4-10-18-14/h3-7,10,13,16-17H,8-9H2,1-2H3. The van der Waals surface area contributed by atoms with Crippen LogP contribution in [0, 0.1) is 13.8 Å². The lowest BCUT2D eigenvalue weighted by Gasteiger charge is -2.14. The van der Waals surface area contributed by atoms with Crippen LogP contribution in [0.15, 0.2) is 35.7 Å². The first-order chi connectivity index (χ1) is 8.68. The van der Waals surface area contributed by atoms with Crippen molar-refractivity contribution in [2.24, 2.45) is 0 Å². The Kier molecular flexibility index (Phi) is 4.39. The maximum absolute atomic E-state index is 10.00. The lowest BCUT2D eigenvalue weighted by molar-refractivity contribution is 0.175. The first-order valence-electron chi connectivity index (χ1n) is 6.20. The number of para-hydroxylation sites is 1. The van der Waals surface area contributed by atoms with Crippen LogP contribution in [0.1, 0.15) is 28.5 Å². The molecule has 2 N–H and O–H groups in total. The topological polar surface area (TPSA) is 32.3 Å². The molecular formula is C15H19NOS. The minimum Gasteiger partial charge on any atom is -0.388 e. The Morgan fingerprint density at radius 3 is 2.50 bits per heavy atom. The maximum Gasteiger partial charge on any atom is 0.0898 e. The number of hydrogen-bond acceptors (Lipinski definition) is 3. The van der Waals surface area contributed by atoms with E-state index in [1.165, 1.54) is 16.8 Å². The van der Waals surface area contributed by atoms with E-state index in [4.69, 9.17) is 0 Å². The summed E-state index contributed by atoms with van der Waals surface area (Å²) in [7, 11) is 0. The molecule has 2 aromatic rings. The van der Waals surface area contributed by atoms with E-state index < -0.39 is 0 Å². The number of hydrogen-bond donors (Lipinski definition) is 2. The highest BCUT2D eigenvalue weighted by molar-refractivity contribution is 7.10. The number of nitrogens with one attached hydrogen (secondary N) is 1. The van der Waals surface area contributed by atoms with Gasteiger partial charge in [-0.1, -0.05) is 24.3 Å². The van der Waals surface area contributed by atoms with E-state index in [1.54, 1.807) is 11.3 Å². The Morgan fingerprint density at radius 2 is 1.89 bits per heavy atom. The van der Waals surface area contributed by atoms with Crippen molar-refractivity contribution in [1.82, 2.24) is 0 Å². The van der Waals surface area contributed by atoms with Gasteiger partial charge in [-0.2, -0.15) is 0 Å². The average molecular weight is 261 g/mol. The molecule has 18 heavy (non-hydrogen) atoms. The third-order valence-electron chi connectivity index (χ3n) is 3.07. The molecule has 0 bridgehead atoms. The van der Waals surface area contributed by atoms with Crippen molar-refractivity contribution < 1.29 is 5.11 Å². The van der Waals surface area contributed by atoms with Crippen LogP contribution in [0.2, 0.25) is 0 Å². The van der Waals surface area contributed by atoms with Crippen molar-refractivity contribution in [3.63, 3.8) is 0 Å². The van der Waals surface area contributed by atoms with Crippen LogP contribution < -0.4 is 5.32 Å². The van der Waals surface area contributed by atoms with Gasteiger partial charge in [0.2, 0.25) is 0 Å². The van der Waals surface area contributed by atoms with Gasteiger partial charge in [0.15, 0.2) is 0 Å². The van der Waals surface area contributed by atoms with Gasteiger partial charge >= 0.3 is 0 Å². The quantitative estimate of drug-likeness (QED) is 0.855. The zero-order chi connectivity index (χ0) is 13.0. The molecule has 3 heteroatoms. The summed E-state index contributed by atoms with van der Waals surface area (Å²) in [5.41, 5.74) is 3.69. The molecule has 1 heterocycles. The number of rotatable bonds is 5. The highest BCUT2D eigenvalue weighted by atomic mass is 32.1. The fraction of sp³-hybridized carbons (Fsp3) is 0.333. The van der Waals surface area contributed by atoms with Gasteiger partial charge in [0.05, 0.1) is 6.10 Å². The number of benzene rings is 1. The molecule has 96 valence electrons. The molecule has 0 saturated carbocycles. The Hall–Kier alpha value is -1.32. The van der Waals surface area contributed by atoms with Crippen LogP contribution in [0.25, 0.3) is 0 Å². The lowest BCUT2D eigenvalue weighted by Crippen LogP contribution is -2.08. The van der Waals surface area contributed by atoms with Gasteiger partial charge in [0.25, 0.3) is 0 Å². The predicted molar refractivity (Wildman–Crippen MR) is 78.3 cm³/mol. The third-order valence-corrected chi connectivity index (χ3v) is 4.05. The molecule has 2 rings (SSSR count). The molecule has 0 aliphatic heterocycles. The molecule has 0 aliphatic carbocycles. The summed E-state index contributed by atoms with van der Waals surface area (Å²) in [6, 6.07) is 10.2. The van der Waals surface area contributed by atoms with Crippen molar-refractivity contribution in [2.45, 2.75) is 26.4 Å². The summed E-state index contributed by atoms with van der Waals surface area (Å²) in [4.78, 5) is 1.04. The SMILES string of the molecule is Cc1cccc(C)c1NCCC(O)c1cccs1. The molecule has 1 atom stereocenters. The highest BCUT2D eigenvalue weighted by Gasteiger charge is 2.08. The molecule has 2 nitrogen and oxygen atoms in total. The smallest absolute Gasteiger partial charge is 0.0898 e. The summed E-state index contributed by atoms with van der Waals surface area (Å²) in [5, 5.41) is 15.4. The number of thiophene rings is 1. The monoisotopic (exact) mass is 261 g/mol. The largest absolute Gasteiger partial charge is 0.388 e. The Bertz CT molecular complexity index is 473. The molecule has 1 aromatic heterocycles. The van der Waals surface area contributed by atoms with Crippen LogP contribution >= 0.6 is 11.3 Å². The van der Waals surface area contributed by atoms with Crippen molar-refractivity contribution in [1.29, 1.82) is 0 Å². The van der Waals surface area contributed by atoms with Crippen LogP contribution in [0.5, 0.6) is 0 Å². The number of aliphatic hydroxyl groups excluding tert-OH is 1. The minimum absolute atomic E-state index is 0.359. The van der Waals surface area contributed by atoms with Crippen molar-refractivity contribution in [2.75, 3.05) is 11.9 Å². The molecule has 1 aromatic carbocycles. The second-order valence-corrected chi connectivity index (χ2v) is 5.49. The Morgan fingerprint density at radius 1 is 1.17 bits per heavy atom. The lowest BCUT2D eigenvalue weighted by atomic mass is 10.1. The second kappa shape index (κ2) is 6.03. The summed E-state index contributed by atoms with van der Waals surface area (Å²) < 4.78 is 0. The number of anilines is 1. The summed E-state index contributed by atoms with van der Waals surface area (Å²) in [6.45, 7) is 4.99. The van der Waals surface area contributed by atoms with E-state index in [2.05, 4.69) is 37.4 Å². The van der Waals surface area contributed by atoms with Crippen molar-refractivity contribution >= 4 is 17.0 Å². The molecule has 0 radical (unpaired) electrons. The zero-order valence-corrected chi connectivity index (χ0v) is 11.6. The number of aryl methyl sites for hydroxylation is 2. The first-order valence-corrected chi connectivity index (χ1v) is 7.08. The minimum atomic E-state index is -0.359. The van der Waals surface area contributed by atoms with Gasteiger partial charge in [-0.3, -0.25) is 0 Å². The fourth-order valence-electron chi connectivity index (χ4n) is 2.05. The van der Waals surface area contributed by atoms with Crippen LogP contribution in [0.3, 0.4) is 0 Å². The molecule has 0 amide bonds. The molecule has 1 unspecified atom stereocenters. The average Bonchev–Trinajstić information content (AvgIpc) is 2.86.